The molecule has 3 aromatic rings. The van der Waals surface area contributed by atoms with Gasteiger partial charge in [0.1, 0.15) is 0 Å². The second-order valence-electron chi connectivity index (χ2n) is 6.51. The molecule has 0 saturated carbocycles. The number of nitrogens with zero attached hydrogens (tertiary/aromatic N) is 4. The van der Waals surface area contributed by atoms with Gasteiger partial charge in [-0.3, -0.25) is 14.3 Å². The van der Waals surface area contributed by atoms with E-state index < -0.39 is 0 Å². The quantitative estimate of drug-likeness (QED) is 0.379. The van der Waals surface area contributed by atoms with Crippen LogP contribution >= 0.6 is 35.0 Å². The Morgan fingerprint density at radius 3 is 2.18 bits per heavy atom. The maximum Gasteiger partial charge on any atom is 0.196 e. The zero-order valence-electron chi connectivity index (χ0n) is 15.8. The van der Waals surface area contributed by atoms with Gasteiger partial charge in [-0.1, -0.05) is 35.0 Å². The Morgan fingerprint density at radius 1 is 1.04 bits per heavy atom. The average molecular weight is 435 g/mol. The van der Waals surface area contributed by atoms with Gasteiger partial charge in [0.05, 0.1) is 11.8 Å². The molecule has 0 unspecified atom stereocenters. The molecule has 0 spiro atoms. The smallest absolute Gasteiger partial charge is 0.196 e. The molecule has 5 nitrogen and oxygen atoms in total. The number of hydrogen-bond acceptors (Lipinski definition) is 5. The number of rotatable bonds is 7. The summed E-state index contributed by atoms with van der Waals surface area (Å²) in [7, 11) is 3.98. The first-order chi connectivity index (χ1) is 13.4. The summed E-state index contributed by atoms with van der Waals surface area (Å²) in [6.45, 7) is 2.06. The zero-order valence-corrected chi connectivity index (χ0v) is 18.1. The zero-order chi connectivity index (χ0) is 20.3. The number of aromatic nitrogens is 3. The number of carbonyl (C=O) groups excluding carboxylic acids is 1. The van der Waals surface area contributed by atoms with Crippen molar-refractivity contribution in [3.8, 4) is 5.69 Å². The molecule has 8 heteroatoms. The molecule has 0 aliphatic rings. The predicted molar refractivity (Wildman–Crippen MR) is 115 cm³/mol. The van der Waals surface area contributed by atoms with Crippen LogP contribution in [0.1, 0.15) is 29.1 Å². The van der Waals surface area contributed by atoms with Crippen molar-refractivity contribution < 1.29 is 4.79 Å². The normalized spacial score (nSPS) is 12.4. The fraction of sp³-hybridized carbons (Fsp3) is 0.250. The fourth-order valence-electron chi connectivity index (χ4n) is 2.56. The Labute approximate surface area is 178 Å². The van der Waals surface area contributed by atoms with Gasteiger partial charge in [-0.15, -0.1) is 10.2 Å². The fourth-order valence-corrected chi connectivity index (χ4v) is 3.66. The van der Waals surface area contributed by atoms with Gasteiger partial charge in [0, 0.05) is 21.3 Å². The highest BCUT2D eigenvalue weighted by molar-refractivity contribution is 7.99. The molecule has 0 aliphatic heterocycles. The van der Waals surface area contributed by atoms with Gasteiger partial charge < -0.3 is 0 Å². The molecule has 28 heavy (non-hydrogen) atoms. The summed E-state index contributed by atoms with van der Waals surface area (Å²) >= 11 is 13.3. The molecular formula is C20H20Cl2N4OS. The van der Waals surface area contributed by atoms with Crippen LogP contribution in [-0.2, 0) is 0 Å². The molecule has 0 bridgehead atoms. The molecule has 146 valence electrons. The van der Waals surface area contributed by atoms with E-state index in [9.17, 15) is 4.79 Å². The van der Waals surface area contributed by atoms with Crippen LogP contribution in [0.5, 0.6) is 0 Å². The van der Waals surface area contributed by atoms with Gasteiger partial charge in [0.25, 0.3) is 0 Å². The van der Waals surface area contributed by atoms with Crippen molar-refractivity contribution in [2.45, 2.75) is 18.1 Å². The molecule has 1 atom stereocenters. The standard InChI is InChI=1S/C20H20Cl2N4OS/c1-13(25(2)3)19-23-24-20(26(19)17-10-8-16(22)9-11-17)28-12-18(27)14-4-6-15(21)7-5-14/h4-11,13H,12H2,1-3H3/t13-/m0/s1. The van der Waals surface area contributed by atoms with Gasteiger partial charge in [-0.2, -0.15) is 0 Å². The predicted octanol–water partition coefficient (Wildman–Crippen LogP) is 5.17. The lowest BCUT2D eigenvalue weighted by molar-refractivity contribution is 0.102. The van der Waals surface area contributed by atoms with Crippen molar-refractivity contribution in [3.05, 3.63) is 70.0 Å². The number of ketones is 1. The summed E-state index contributed by atoms with van der Waals surface area (Å²) in [5, 5.41) is 10.7. The topological polar surface area (TPSA) is 51.0 Å². The molecule has 0 fully saturated rings. The molecule has 1 aromatic heterocycles. The second kappa shape index (κ2) is 9.09. The maximum atomic E-state index is 12.5. The lowest BCUT2D eigenvalue weighted by atomic mass is 10.1. The van der Waals surface area contributed by atoms with E-state index in [2.05, 4.69) is 22.0 Å². The summed E-state index contributed by atoms with van der Waals surface area (Å²) in [4.78, 5) is 14.6. The number of hydrogen-bond donors (Lipinski definition) is 0. The molecular weight excluding hydrogens is 415 g/mol. The van der Waals surface area contributed by atoms with Gasteiger partial charge in [-0.25, -0.2) is 0 Å². The summed E-state index contributed by atoms with van der Waals surface area (Å²) in [5.74, 6) is 1.06. The van der Waals surface area contributed by atoms with E-state index in [1.54, 1.807) is 24.3 Å². The number of Topliss-reactive ketones (excluding diaryl/α,β-unsaturated/α-hetero) is 1. The number of halogens is 2. The Morgan fingerprint density at radius 2 is 1.61 bits per heavy atom. The first-order valence-electron chi connectivity index (χ1n) is 8.66. The van der Waals surface area contributed by atoms with E-state index in [-0.39, 0.29) is 17.6 Å². The number of thioether (sulfide) groups is 1. The van der Waals surface area contributed by atoms with Crippen molar-refractivity contribution in [3.63, 3.8) is 0 Å². The summed E-state index contributed by atoms with van der Waals surface area (Å²) in [5.41, 5.74) is 1.52. The van der Waals surface area contributed by atoms with Gasteiger partial charge in [0.2, 0.25) is 0 Å². The highest BCUT2D eigenvalue weighted by Gasteiger charge is 2.21. The molecule has 2 aromatic carbocycles. The van der Waals surface area contributed by atoms with Crippen LogP contribution < -0.4 is 0 Å². The van der Waals surface area contributed by atoms with Crippen LogP contribution in [0.4, 0.5) is 0 Å². The second-order valence-corrected chi connectivity index (χ2v) is 8.33. The van der Waals surface area contributed by atoms with Gasteiger partial charge in [-0.05, 0) is 69.6 Å². The summed E-state index contributed by atoms with van der Waals surface area (Å²) in [6.07, 6.45) is 0. The lowest BCUT2D eigenvalue weighted by Gasteiger charge is -2.20. The number of benzene rings is 2. The van der Waals surface area contributed by atoms with Gasteiger partial charge >= 0.3 is 0 Å². The largest absolute Gasteiger partial charge is 0.300 e. The van der Waals surface area contributed by atoms with Crippen LogP contribution in [0.2, 0.25) is 10.0 Å². The highest BCUT2D eigenvalue weighted by Crippen LogP contribution is 2.28. The van der Waals surface area contributed by atoms with E-state index in [0.717, 1.165) is 11.5 Å². The third-order valence-corrected chi connectivity index (χ3v) is 5.82. The minimum Gasteiger partial charge on any atom is -0.300 e. The van der Waals surface area contributed by atoms with E-state index >= 15 is 0 Å². The Hall–Kier alpha value is -1.86. The maximum absolute atomic E-state index is 12.5. The van der Waals surface area contributed by atoms with E-state index in [1.807, 2.05) is 42.9 Å². The third kappa shape index (κ3) is 4.75. The molecule has 0 N–H and O–H groups in total. The molecule has 0 aliphatic carbocycles. The molecule has 0 radical (unpaired) electrons. The van der Waals surface area contributed by atoms with Crippen molar-refractivity contribution in [2.24, 2.45) is 0 Å². The average Bonchev–Trinajstić information content (AvgIpc) is 3.10. The van der Waals surface area contributed by atoms with Crippen LogP contribution in [-0.4, -0.2) is 45.3 Å². The minimum absolute atomic E-state index is 0.00882. The highest BCUT2D eigenvalue weighted by atomic mass is 35.5. The van der Waals surface area contributed by atoms with E-state index in [1.165, 1.54) is 11.8 Å². The molecule has 0 amide bonds. The van der Waals surface area contributed by atoms with Crippen molar-refractivity contribution >= 4 is 40.7 Å². The lowest BCUT2D eigenvalue weighted by Crippen LogP contribution is -2.20. The van der Waals surface area contributed by atoms with Crippen molar-refractivity contribution in [1.29, 1.82) is 0 Å². The Balaban J connectivity index is 1.89. The minimum atomic E-state index is 0.00882. The third-order valence-electron chi connectivity index (χ3n) is 4.39. The summed E-state index contributed by atoms with van der Waals surface area (Å²) in [6, 6.07) is 14.4. The first kappa shape index (κ1) is 20.9. The van der Waals surface area contributed by atoms with Crippen LogP contribution in [0, 0.1) is 0 Å². The molecule has 1 heterocycles. The number of carbonyl (C=O) groups is 1. The van der Waals surface area contributed by atoms with E-state index in [0.29, 0.717) is 20.8 Å². The van der Waals surface area contributed by atoms with Crippen LogP contribution in [0.3, 0.4) is 0 Å². The van der Waals surface area contributed by atoms with Crippen LogP contribution in [0.25, 0.3) is 5.69 Å². The van der Waals surface area contributed by atoms with Crippen molar-refractivity contribution in [2.75, 3.05) is 19.8 Å². The molecule has 0 saturated heterocycles. The van der Waals surface area contributed by atoms with E-state index in [4.69, 9.17) is 23.2 Å². The Kier molecular flexibility index (Phi) is 6.78. The summed E-state index contributed by atoms with van der Waals surface area (Å²) < 4.78 is 1.97. The molecule has 3 rings (SSSR count). The van der Waals surface area contributed by atoms with Crippen LogP contribution in [0.15, 0.2) is 53.7 Å². The monoisotopic (exact) mass is 434 g/mol. The Bertz CT molecular complexity index is 955. The van der Waals surface area contributed by atoms with Gasteiger partial charge in [0.15, 0.2) is 16.8 Å². The van der Waals surface area contributed by atoms with Crippen molar-refractivity contribution in [1.82, 2.24) is 19.7 Å². The first-order valence-corrected chi connectivity index (χ1v) is 10.4. The SMILES string of the molecule is C[C@@H](c1nnc(SCC(=O)c2ccc(Cl)cc2)n1-c1ccc(Cl)cc1)N(C)C.